The monoisotopic (exact) mass is 481 g/mol. The van der Waals surface area contributed by atoms with Crippen LogP contribution in [0.15, 0.2) is 66.7 Å². The topological polar surface area (TPSA) is 55.8 Å². The summed E-state index contributed by atoms with van der Waals surface area (Å²) < 4.78 is 11.7. The number of rotatable bonds is 4. The van der Waals surface area contributed by atoms with Crippen LogP contribution >= 0.6 is 0 Å². The summed E-state index contributed by atoms with van der Waals surface area (Å²) in [7, 11) is 1.64. The molecule has 3 aromatic rings. The lowest BCUT2D eigenvalue weighted by atomic mass is 9.81. The van der Waals surface area contributed by atoms with Crippen molar-refractivity contribution >= 4 is 23.3 Å². The molecule has 0 saturated carbocycles. The third kappa shape index (κ3) is 4.66. The molecule has 0 unspecified atom stereocenters. The average Bonchev–Trinajstić information content (AvgIpc) is 2.89. The van der Waals surface area contributed by atoms with E-state index in [0.29, 0.717) is 49.2 Å². The summed E-state index contributed by atoms with van der Waals surface area (Å²) in [6.07, 6.45) is 3.55. The van der Waals surface area contributed by atoms with Gasteiger partial charge in [-0.25, -0.2) is 0 Å². The number of likely N-dealkylation sites (tertiary alicyclic amines) is 1. The van der Waals surface area contributed by atoms with Crippen molar-refractivity contribution in [3.05, 3.63) is 94.5 Å². The molecular weight excluding hydrogens is 450 g/mol. The van der Waals surface area contributed by atoms with Crippen molar-refractivity contribution in [2.45, 2.75) is 38.7 Å². The molecule has 1 fully saturated rings. The fourth-order valence-electron chi connectivity index (χ4n) is 5.07. The first kappa shape index (κ1) is 23.9. The van der Waals surface area contributed by atoms with Gasteiger partial charge >= 0.3 is 0 Å². The van der Waals surface area contributed by atoms with E-state index in [1.54, 1.807) is 7.11 Å². The second-order valence-corrected chi connectivity index (χ2v) is 9.81. The van der Waals surface area contributed by atoms with Crippen molar-refractivity contribution in [3.8, 4) is 11.5 Å². The number of nitrogens with zero attached hydrogens (tertiary/aromatic N) is 1. The molecule has 0 radical (unpaired) electrons. The average molecular weight is 482 g/mol. The molecule has 1 saturated heterocycles. The van der Waals surface area contributed by atoms with Gasteiger partial charge in [0, 0.05) is 31.5 Å². The number of benzene rings is 3. The van der Waals surface area contributed by atoms with Crippen LogP contribution in [0.4, 0.5) is 0 Å². The van der Waals surface area contributed by atoms with E-state index in [-0.39, 0.29) is 11.7 Å². The van der Waals surface area contributed by atoms with E-state index in [0.717, 1.165) is 28.0 Å². The first-order valence-corrected chi connectivity index (χ1v) is 12.4. The molecule has 0 bridgehead atoms. The highest BCUT2D eigenvalue weighted by molar-refractivity contribution is 6.24. The van der Waals surface area contributed by atoms with Crippen molar-refractivity contribution < 1.29 is 19.1 Å². The zero-order chi connectivity index (χ0) is 25.3. The largest absolute Gasteiger partial charge is 0.497 e. The van der Waals surface area contributed by atoms with Crippen LogP contribution in [0.5, 0.6) is 11.5 Å². The van der Waals surface area contributed by atoms with Crippen LogP contribution in [-0.4, -0.2) is 42.4 Å². The second kappa shape index (κ2) is 9.65. The Morgan fingerprint density at radius 1 is 0.972 bits per heavy atom. The number of methoxy groups -OCH3 is 1. The number of carbonyl (C=O) groups is 2. The van der Waals surface area contributed by atoms with E-state index >= 15 is 0 Å². The Bertz CT molecular complexity index is 1320. The molecule has 0 atom stereocenters. The number of fused-ring (bicyclic) bond motifs is 1. The number of ether oxygens (including phenoxy) is 2. The molecule has 0 aliphatic carbocycles. The highest BCUT2D eigenvalue weighted by atomic mass is 16.5. The minimum Gasteiger partial charge on any atom is -0.497 e. The summed E-state index contributed by atoms with van der Waals surface area (Å²) in [6.45, 7) is 5.13. The van der Waals surface area contributed by atoms with Crippen LogP contribution in [0.2, 0.25) is 0 Å². The predicted octanol–water partition coefficient (Wildman–Crippen LogP) is 5.88. The fraction of sp³-hybridized carbons (Fsp3) is 0.290. The molecule has 1 amide bonds. The molecule has 36 heavy (non-hydrogen) atoms. The zero-order valence-electron chi connectivity index (χ0n) is 21.0. The lowest BCUT2D eigenvalue weighted by Gasteiger charge is -2.44. The van der Waals surface area contributed by atoms with E-state index in [2.05, 4.69) is 0 Å². The highest BCUT2D eigenvalue weighted by Gasteiger charge is 2.44. The maximum Gasteiger partial charge on any atom is 0.254 e. The Kier molecular flexibility index (Phi) is 6.40. The normalized spacial score (nSPS) is 16.9. The van der Waals surface area contributed by atoms with Gasteiger partial charge in [-0.3, -0.25) is 9.59 Å². The van der Waals surface area contributed by atoms with Gasteiger partial charge in [-0.1, -0.05) is 42.5 Å². The Labute approximate surface area is 212 Å². The quantitative estimate of drug-likeness (QED) is 0.345. The van der Waals surface area contributed by atoms with Crippen LogP contribution in [0.1, 0.15) is 51.9 Å². The van der Waals surface area contributed by atoms with E-state index in [9.17, 15) is 9.59 Å². The van der Waals surface area contributed by atoms with Crippen molar-refractivity contribution in [3.63, 3.8) is 0 Å². The lowest BCUT2D eigenvalue weighted by Crippen LogP contribution is -2.52. The van der Waals surface area contributed by atoms with Crippen LogP contribution in [0, 0.1) is 13.8 Å². The minimum atomic E-state index is -0.546. The van der Waals surface area contributed by atoms with Gasteiger partial charge in [-0.15, -0.1) is 0 Å². The Balaban J connectivity index is 1.37. The summed E-state index contributed by atoms with van der Waals surface area (Å²) in [5.41, 5.74) is 4.80. The van der Waals surface area contributed by atoms with Crippen LogP contribution in [-0.2, 0) is 4.79 Å². The lowest BCUT2D eigenvalue weighted by molar-refractivity contribution is -0.128. The number of Topliss-reactive ketones (excluding diaryl/α,β-unsaturated/α-hetero) is 1. The third-order valence-corrected chi connectivity index (χ3v) is 7.41. The maximum absolute atomic E-state index is 13.8. The number of ketones is 1. The molecule has 2 aliphatic rings. The van der Waals surface area contributed by atoms with Gasteiger partial charge in [0.15, 0.2) is 5.78 Å². The standard InChI is InChI=1S/C31H31NO4/c1-21-17-27-28(33)20-31(36-29(27)18-22(21)2)13-15-32(16-14-31)30(34)26(24-7-5-4-6-8-24)19-23-9-11-25(35-3)12-10-23/h4-12,17-19H,13-16,20H2,1-3H3/b26-19+. The van der Waals surface area contributed by atoms with E-state index < -0.39 is 5.60 Å². The molecule has 2 aliphatic heterocycles. The Hall–Kier alpha value is -3.86. The van der Waals surface area contributed by atoms with E-state index in [4.69, 9.17) is 9.47 Å². The molecule has 5 rings (SSSR count). The van der Waals surface area contributed by atoms with Crippen molar-refractivity contribution in [2.75, 3.05) is 20.2 Å². The second-order valence-electron chi connectivity index (χ2n) is 9.81. The molecule has 0 aromatic heterocycles. The minimum absolute atomic E-state index is 0.0131. The Morgan fingerprint density at radius 2 is 1.64 bits per heavy atom. The van der Waals surface area contributed by atoms with Crippen LogP contribution in [0.25, 0.3) is 11.6 Å². The van der Waals surface area contributed by atoms with Gasteiger partial charge < -0.3 is 14.4 Å². The van der Waals surface area contributed by atoms with Crippen molar-refractivity contribution in [2.24, 2.45) is 0 Å². The number of aryl methyl sites for hydroxylation is 2. The molecule has 3 aromatic carbocycles. The molecule has 184 valence electrons. The highest BCUT2D eigenvalue weighted by Crippen LogP contribution is 2.41. The number of amides is 1. The van der Waals surface area contributed by atoms with Gasteiger partial charge in [-0.05, 0) is 66.4 Å². The number of carbonyl (C=O) groups excluding carboxylic acids is 2. The molecule has 1 spiro atoms. The van der Waals surface area contributed by atoms with Crippen molar-refractivity contribution in [1.82, 2.24) is 4.90 Å². The van der Waals surface area contributed by atoms with E-state index in [1.807, 2.05) is 91.6 Å². The summed E-state index contributed by atoms with van der Waals surface area (Å²) >= 11 is 0. The molecule has 0 N–H and O–H groups in total. The first-order valence-electron chi connectivity index (χ1n) is 12.4. The summed E-state index contributed by atoms with van der Waals surface area (Å²) in [4.78, 5) is 28.7. The predicted molar refractivity (Wildman–Crippen MR) is 141 cm³/mol. The Morgan fingerprint density at radius 3 is 2.31 bits per heavy atom. The summed E-state index contributed by atoms with van der Waals surface area (Å²) in [6, 6.07) is 21.3. The van der Waals surface area contributed by atoms with Crippen molar-refractivity contribution in [1.29, 1.82) is 0 Å². The number of piperidine rings is 1. The van der Waals surface area contributed by atoms with Crippen LogP contribution < -0.4 is 9.47 Å². The summed E-state index contributed by atoms with van der Waals surface area (Å²) in [5, 5.41) is 0. The van der Waals surface area contributed by atoms with Gasteiger partial charge in [0.25, 0.3) is 5.91 Å². The summed E-state index contributed by atoms with van der Waals surface area (Å²) in [5.74, 6) is 1.57. The molecule has 2 heterocycles. The molecule has 5 heteroatoms. The maximum atomic E-state index is 13.8. The van der Waals surface area contributed by atoms with Gasteiger partial charge in [0.1, 0.15) is 17.1 Å². The molecular formula is C31H31NO4. The number of hydrogen-bond acceptors (Lipinski definition) is 4. The SMILES string of the molecule is COc1ccc(/C=C(/C(=O)N2CCC3(CC2)CC(=O)c2cc(C)c(C)cc2O3)c2ccccc2)cc1. The number of hydrogen-bond donors (Lipinski definition) is 0. The molecule has 5 nitrogen and oxygen atoms in total. The van der Waals surface area contributed by atoms with Gasteiger partial charge in [0.2, 0.25) is 0 Å². The van der Waals surface area contributed by atoms with E-state index in [1.165, 1.54) is 0 Å². The van der Waals surface area contributed by atoms with Crippen LogP contribution in [0.3, 0.4) is 0 Å². The zero-order valence-corrected chi connectivity index (χ0v) is 21.0. The van der Waals surface area contributed by atoms with Gasteiger partial charge in [-0.2, -0.15) is 0 Å². The fourth-order valence-corrected chi connectivity index (χ4v) is 5.07. The smallest absolute Gasteiger partial charge is 0.254 e. The third-order valence-electron chi connectivity index (χ3n) is 7.41. The van der Waals surface area contributed by atoms with Gasteiger partial charge in [0.05, 0.1) is 19.1 Å². The first-order chi connectivity index (χ1) is 17.4.